The number of carbonyl (C=O) groups is 1. The average molecular weight is 517 g/mol. The molecule has 0 radical (unpaired) electrons. The smallest absolute Gasteiger partial charge is 0.211 e. The summed E-state index contributed by atoms with van der Waals surface area (Å²) in [5, 5.41) is 8.27. The van der Waals surface area contributed by atoms with E-state index in [1.807, 2.05) is 51.2 Å². The molecule has 0 atom stereocenters. The Morgan fingerprint density at radius 1 is 1.03 bits per heavy atom. The number of fused-ring (bicyclic) bond motifs is 1. The second-order valence-electron chi connectivity index (χ2n) is 7.93. The minimum absolute atomic E-state index is 0.581. The molecule has 1 amide bonds. The first-order valence-electron chi connectivity index (χ1n) is 12.5. The van der Waals surface area contributed by atoms with Gasteiger partial charge in [0.1, 0.15) is 0 Å². The van der Waals surface area contributed by atoms with Crippen molar-refractivity contribution in [2.24, 2.45) is 5.92 Å². The number of nitrogens with zero attached hydrogens (tertiary/aromatic N) is 1. The van der Waals surface area contributed by atoms with Gasteiger partial charge in [-0.1, -0.05) is 75.9 Å². The number of hydrogen-bond donors (Lipinski definition) is 3. The molecule has 2 heterocycles. The molecule has 2 aromatic carbocycles. The molecule has 5 nitrogen and oxygen atoms in total. The lowest BCUT2D eigenvalue weighted by Gasteiger charge is -2.08. The second kappa shape index (κ2) is 20.1. The van der Waals surface area contributed by atoms with E-state index in [9.17, 15) is 4.79 Å². The number of hydrogen-bond acceptors (Lipinski definition) is 5. The summed E-state index contributed by atoms with van der Waals surface area (Å²) in [6.07, 6.45) is 11.1. The third-order valence-corrected chi connectivity index (χ3v) is 5.99. The highest BCUT2D eigenvalue weighted by molar-refractivity contribution is 7.97. The number of nitrogens with one attached hydrogen (secondary N) is 3. The summed E-state index contributed by atoms with van der Waals surface area (Å²) in [5.74, 6) is 1.08. The van der Waals surface area contributed by atoms with Gasteiger partial charge >= 0.3 is 0 Å². The number of piperidine rings is 1. The van der Waals surface area contributed by atoms with E-state index in [4.69, 9.17) is 11.6 Å². The van der Waals surface area contributed by atoms with E-state index in [-0.39, 0.29) is 0 Å². The molecule has 1 aliphatic heterocycles. The number of carbonyl (C=O) groups excluding carboxylic acids is 1. The quantitative estimate of drug-likeness (QED) is 0.246. The minimum Gasteiger partial charge on any atom is -0.329 e. The monoisotopic (exact) mass is 516 g/mol. The van der Waals surface area contributed by atoms with Gasteiger partial charge in [-0.2, -0.15) is 0 Å². The van der Waals surface area contributed by atoms with Crippen LogP contribution < -0.4 is 15.4 Å². The van der Waals surface area contributed by atoms with E-state index >= 15 is 0 Å². The van der Waals surface area contributed by atoms with Crippen molar-refractivity contribution in [1.82, 2.24) is 15.0 Å². The van der Waals surface area contributed by atoms with E-state index < -0.39 is 0 Å². The molecule has 0 bridgehead atoms. The fourth-order valence-corrected chi connectivity index (χ4v) is 3.61. The van der Waals surface area contributed by atoms with Crippen LogP contribution in [-0.2, 0) is 4.79 Å². The number of rotatable bonds is 4. The van der Waals surface area contributed by atoms with Crippen LogP contribution in [0.25, 0.3) is 10.8 Å². The van der Waals surface area contributed by atoms with Crippen molar-refractivity contribution in [3.8, 4) is 0 Å². The maximum Gasteiger partial charge on any atom is 0.211 e. The Hall–Kier alpha value is -2.12. The van der Waals surface area contributed by atoms with Crippen LogP contribution in [0, 0.1) is 5.92 Å². The highest BCUT2D eigenvalue weighted by Crippen LogP contribution is 2.26. The van der Waals surface area contributed by atoms with E-state index in [0.29, 0.717) is 11.4 Å². The van der Waals surface area contributed by atoms with Crippen molar-refractivity contribution in [1.29, 1.82) is 0 Å². The van der Waals surface area contributed by atoms with Gasteiger partial charge in [0.2, 0.25) is 6.41 Å². The van der Waals surface area contributed by atoms with Gasteiger partial charge in [-0.15, -0.1) is 0 Å². The standard InChI is InChI=1S/C10H7ClN2O.C7H9NS.C5H11N.C4H8.C2H6/c11-10-5-12-4-7-1-2-8(13-6-14)3-9(7)10;1-8-9-7-5-3-2-4-6-7;1-2-4-6-5-3-1;1-4-2-3-4;1-2/h1-6H,(H,13,14);2-6,8H,1H3;6H,1-5H2;4H,2-3H2,1H3;1-2H3. The molecule has 3 aromatic rings. The molecule has 1 aliphatic carbocycles. The number of halogens is 1. The van der Waals surface area contributed by atoms with Crippen molar-refractivity contribution in [2.75, 3.05) is 25.5 Å². The molecule has 5 rings (SSSR count). The summed E-state index contributed by atoms with van der Waals surface area (Å²) in [6.45, 7) is 8.78. The molecule has 35 heavy (non-hydrogen) atoms. The largest absolute Gasteiger partial charge is 0.329 e. The van der Waals surface area contributed by atoms with Gasteiger partial charge in [-0.05, 0) is 75.1 Å². The maximum atomic E-state index is 10.2. The summed E-state index contributed by atoms with van der Waals surface area (Å²) < 4.78 is 3.00. The molecule has 1 saturated heterocycles. The zero-order chi connectivity index (χ0) is 25.7. The van der Waals surface area contributed by atoms with Gasteiger partial charge in [0.05, 0.1) is 5.02 Å². The predicted octanol–water partition coefficient (Wildman–Crippen LogP) is 7.57. The van der Waals surface area contributed by atoms with Gasteiger partial charge in [0.15, 0.2) is 0 Å². The molecule has 1 aromatic heterocycles. The number of amides is 1. The van der Waals surface area contributed by atoms with Crippen LogP contribution >= 0.6 is 23.5 Å². The second-order valence-corrected chi connectivity index (χ2v) is 9.42. The van der Waals surface area contributed by atoms with Crippen LogP contribution in [0.1, 0.15) is 52.9 Å². The molecule has 7 heteroatoms. The number of aromatic nitrogens is 1. The van der Waals surface area contributed by atoms with Crippen LogP contribution in [0.15, 0.2) is 65.8 Å². The van der Waals surface area contributed by atoms with Crippen molar-refractivity contribution in [3.05, 3.63) is 65.9 Å². The molecule has 2 aliphatic rings. The molecule has 1 saturated carbocycles. The lowest BCUT2D eigenvalue weighted by Crippen LogP contribution is -2.21. The Morgan fingerprint density at radius 3 is 2.17 bits per heavy atom. The highest BCUT2D eigenvalue weighted by Gasteiger charge is 2.12. The molecule has 0 spiro atoms. The maximum absolute atomic E-state index is 10.2. The first-order valence-corrected chi connectivity index (χ1v) is 13.7. The SMILES string of the molecule is C1CCNCC1.CC.CC1CC1.CNSc1ccccc1.O=CNc1ccc2cncc(Cl)c2c1. The summed E-state index contributed by atoms with van der Waals surface area (Å²) >= 11 is 7.58. The van der Waals surface area contributed by atoms with Gasteiger partial charge in [-0.25, -0.2) is 0 Å². The summed E-state index contributed by atoms with van der Waals surface area (Å²) in [4.78, 5) is 15.5. The topological polar surface area (TPSA) is 66.0 Å². The Labute approximate surface area is 221 Å². The summed E-state index contributed by atoms with van der Waals surface area (Å²) in [7, 11) is 1.91. The third-order valence-electron chi connectivity index (χ3n) is 4.97. The zero-order valence-corrected chi connectivity index (χ0v) is 23.1. The van der Waals surface area contributed by atoms with Crippen molar-refractivity contribution in [2.45, 2.75) is 57.8 Å². The lowest BCUT2D eigenvalue weighted by molar-refractivity contribution is -0.105. The normalized spacial score (nSPS) is 13.7. The highest BCUT2D eigenvalue weighted by atomic mass is 35.5. The molecule has 192 valence electrons. The number of pyridine rings is 1. The Balaban J connectivity index is 0.000000250. The third kappa shape index (κ3) is 14.8. The fraction of sp³-hybridized carbons (Fsp3) is 0.429. The lowest BCUT2D eigenvalue weighted by atomic mass is 10.1. The van der Waals surface area contributed by atoms with Crippen molar-refractivity contribution < 1.29 is 4.79 Å². The molecule has 2 fully saturated rings. The zero-order valence-electron chi connectivity index (χ0n) is 21.5. The Morgan fingerprint density at radius 2 is 1.69 bits per heavy atom. The Kier molecular flexibility index (Phi) is 17.8. The molecule has 0 unspecified atom stereocenters. The molecule has 3 N–H and O–H groups in total. The Bertz CT molecular complexity index is 923. The first-order chi connectivity index (χ1) is 17.1. The van der Waals surface area contributed by atoms with Crippen LogP contribution in [0.3, 0.4) is 0 Å². The average Bonchev–Trinajstić information content (AvgIpc) is 3.71. The van der Waals surface area contributed by atoms with E-state index in [0.717, 1.165) is 22.4 Å². The number of benzene rings is 2. The van der Waals surface area contributed by atoms with Gasteiger partial charge in [0.25, 0.3) is 0 Å². The first kappa shape index (κ1) is 30.9. The predicted molar refractivity (Wildman–Crippen MR) is 154 cm³/mol. The van der Waals surface area contributed by atoms with E-state index in [1.165, 1.54) is 50.1 Å². The van der Waals surface area contributed by atoms with Gasteiger partial charge in [-0.3, -0.25) is 14.5 Å². The van der Waals surface area contributed by atoms with Crippen LogP contribution in [0.4, 0.5) is 5.69 Å². The van der Waals surface area contributed by atoms with Crippen molar-refractivity contribution in [3.63, 3.8) is 0 Å². The summed E-state index contributed by atoms with van der Waals surface area (Å²) in [5.41, 5.74) is 0.723. The van der Waals surface area contributed by atoms with E-state index in [1.54, 1.807) is 30.4 Å². The van der Waals surface area contributed by atoms with Crippen molar-refractivity contribution >= 4 is 46.4 Å². The van der Waals surface area contributed by atoms with Gasteiger partial charge < -0.3 is 10.6 Å². The van der Waals surface area contributed by atoms with Gasteiger partial charge in [0, 0.05) is 33.7 Å². The number of anilines is 1. The van der Waals surface area contributed by atoms with Crippen LogP contribution in [0.5, 0.6) is 0 Å². The summed E-state index contributed by atoms with van der Waals surface area (Å²) in [6, 6.07) is 15.7. The molecular weight excluding hydrogens is 476 g/mol. The van der Waals surface area contributed by atoms with Crippen LogP contribution in [-0.4, -0.2) is 31.5 Å². The van der Waals surface area contributed by atoms with E-state index in [2.05, 4.69) is 39.4 Å². The minimum atomic E-state index is 0.581. The fourth-order valence-electron chi connectivity index (χ4n) is 2.86. The molecular formula is C28H41ClN4OS. The van der Waals surface area contributed by atoms with Crippen LogP contribution in [0.2, 0.25) is 5.02 Å².